The summed E-state index contributed by atoms with van der Waals surface area (Å²) in [5.41, 5.74) is 3.26. The first-order valence-electron chi connectivity index (χ1n) is 6.03. The van der Waals surface area contributed by atoms with Crippen molar-refractivity contribution in [3.63, 3.8) is 0 Å². The zero-order valence-electron chi connectivity index (χ0n) is 11.0. The molecule has 0 aliphatic carbocycles. The molecule has 8 heteroatoms. The van der Waals surface area contributed by atoms with Crippen LogP contribution >= 0.6 is 23.2 Å². The number of hydrogen-bond acceptors (Lipinski definition) is 4. The first-order chi connectivity index (χ1) is 10.1. The summed E-state index contributed by atoms with van der Waals surface area (Å²) in [5, 5.41) is 0.842. The summed E-state index contributed by atoms with van der Waals surface area (Å²) in [6.45, 7) is 0. The molecule has 0 fully saturated rings. The Balaban J connectivity index is 0.000000126. The van der Waals surface area contributed by atoms with E-state index in [-0.39, 0.29) is 0 Å². The fourth-order valence-electron chi connectivity index (χ4n) is 1.80. The molecule has 0 aromatic carbocycles. The summed E-state index contributed by atoms with van der Waals surface area (Å²) in [6.07, 6.45) is 6.75. The van der Waals surface area contributed by atoms with Crippen molar-refractivity contribution in [2.24, 2.45) is 7.05 Å². The van der Waals surface area contributed by atoms with Crippen molar-refractivity contribution < 1.29 is 0 Å². The minimum absolute atomic E-state index is 0.412. The van der Waals surface area contributed by atoms with Crippen LogP contribution in [0.3, 0.4) is 0 Å². The largest absolute Gasteiger partial charge is 0.345 e. The lowest BCUT2D eigenvalue weighted by atomic mass is 10.5. The lowest BCUT2D eigenvalue weighted by Gasteiger charge is -1.93. The molecule has 1 N–H and O–H groups in total. The summed E-state index contributed by atoms with van der Waals surface area (Å²) < 4.78 is 1.88. The number of halogens is 2. The molecule has 6 nitrogen and oxygen atoms in total. The van der Waals surface area contributed by atoms with Crippen LogP contribution in [-0.2, 0) is 7.05 Å². The van der Waals surface area contributed by atoms with Crippen molar-refractivity contribution in [1.82, 2.24) is 29.5 Å². The highest BCUT2D eigenvalue weighted by Gasteiger charge is 1.99. The molecular weight excluding hydrogens is 311 g/mol. The first kappa shape index (κ1) is 13.8. The van der Waals surface area contributed by atoms with Crippen LogP contribution in [0.15, 0.2) is 36.9 Å². The van der Waals surface area contributed by atoms with E-state index in [9.17, 15) is 0 Å². The molecule has 0 radical (unpaired) electrons. The number of nitrogens with one attached hydrogen (secondary N) is 1. The van der Waals surface area contributed by atoms with Crippen LogP contribution in [0.25, 0.3) is 22.3 Å². The van der Waals surface area contributed by atoms with E-state index in [0.29, 0.717) is 10.3 Å². The number of aromatic amines is 1. The third kappa shape index (κ3) is 2.96. The average Bonchev–Trinajstić information content (AvgIpc) is 3.06. The molecule has 4 rings (SSSR count). The van der Waals surface area contributed by atoms with E-state index in [1.807, 2.05) is 29.9 Å². The van der Waals surface area contributed by atoms with E-state index in [4.69, 9.17) is 23.2 Å². The van der Waals surface area contributed by atoms with Gasteiger partial charge in [0.1, 0.15) is 21.3 Å². The highest BCUT2D eigenvalue weighted by Crippen LogP contribution is 2.11. The van der Waals surface area contributed by atoms with Crippen LogP contribution in [0.5, 0.6) is 0 Å². The monoisotopic (exact) mass is 320 g/mol. The van der Waals surface area contributed by atoms with Gasteiger partial charge < -0.3 is 9.55 Å². The molecule has 0 bridgehead atoms. The zero-order valence-corrected chi connectivity index (χ0v) is 12.5. The number of hydrogen-bond donors (Lipinski definition) is 1. The number of fused-ring (bicyclic) bond motifs is 2. The van der Waals surface area contributed by atoms with E-state index in [1.165, 1.54) is 6.20 Å². The Morgan fingerprint density at radius 2 is 1.71 bits per heavy atom. The van der Waals surface area contributed by atoms with Crippen molar-refractivity contribution in [2.75, 3.05) is 0 Å². The molecule has 0 aliphatic heterocycles. The molecule has 4 aromatic heterocycles. The van der Waals surface area contributed by atoms with Crippen molar-refractivity contribution in [3.8, 4) is 0 Å². The predicted molar refractivity (Wildman–Crippen MR) is 82.4 cm³/mol. The van der Waals surface area contributed by atoms with Gasteiger partial charge in [-0.1, -0.05) is 23.2 Å². The second kappa shape index (κ2) is 5.67. The summed E-state index contributed by atoms with van der Waals surface area (Å²) in [5.74, 6) is 0. The average molecular weight is 321 g/mol. The van der Waals surface area contributed by atoms with Crippen LogP contribution in [-0.4, -0.2) is 29.5 Å². The van der Waals surface area contributed by atoms with E-state index in [2.05, 4.69) is 24.9 Å². The standard InChI is InChI=1S/C7H6ClN3.C6H4ClN3/c1-11-3-2-5-7(11)10-6(8)4-9-5;7-5-3-9-4-1-2-8-6(4)10-5/h2-4H,1H3;1-3H,(H,8,10). The van der Waals surface area contributed by atoms with E-state index >= 15 is 0 Å². The maximum Gasteiger partial charge on any atom is 0.160 e. The van der Waals surface area contributed by atoms with Crippen molar-refractivity contribution in [3.05, 3.63) is 47.2 Å². The fraction of sp³-hybridized carbons (Fsp3) is 0.0769. The summed E-state index contributed by atoms with van der Waals surface area (Å²) in [4.78, 5) is 19.1. The summed E-state index contributed by atoms with van der Waals surface area (Å²) in [6, 6.07) is 3.75. The predicted octanol–water partition coefficient (Wildman–Crippen LogP) is 3.23. The SMILES string of the molecule is Clc1cnc2cc[nH]c2n1.Cn1ccc2ncc(Cl)nc21. The molecule has 0 unspecified atom stereocenters. The van der Waals surface area contributed by atoms with Crippen molar-refractivity contribution in [1.29, 1.82) is 0 Å². The minimum Gasteiger partial charge on any atom is -0.345 e. The number of rotatable bonds is 0. The van der Waals surface area contributed by atoms with Gasteiger partial charge in [0.25, 0.3) is 0 Å². The second-order valence-corrected chi connectivity index (χ2v) is 5.01. The van der Waals surface area contributed by atoms with Gasteiger partial charge in [-0.15, -0.1) is 0 Å². The van der Waals surface area contributed by atoms with Gasteiger partial charge in [-0.3, -0.25) is 0 Å². The van der Waals surface area contributed by atoms with Crippen molar-refractivity contribution in [2.45, 2.75) is 0 Å². The van der Waals surface area contributed by atoms with Crippen LogP contribution in [0.4, 0.5) is 0 Å². The van der Waals surface area contributed by atoms with Crippen LogP contribution in [0, 0.1) is 0 Å². The fourth-order valence-corrected chi connectivity index (χ4v) is 2.06. The highest BCUT2D eigenvalue weighted by atomic mass is 35.5. The molecule has 4 aromatic rings. The smallest absolute Gasteiger partial charge is 0.160 e. The second-order valence-electron chi connectivity index (χ2n) is 4.23. The van der Waals surface area contributed by atoms with Gasteiger partial charge in [0.05, 0.1) is 12.4 Å². The Morgan fingerprint density at radius 1 is 1.00 bits per heavy atom. The van der Waals surface area contributed by atoms with Gasteiger partial charge in [-0.25, -0.2) is 19.9 Å². The Kier molecular flexibility index (Phi) is 3.72. The normalized spacial score (nSPS) is 10.6. The van der Waals surface area contributed by atoms with Gasteiger partial charge in [-0.05, 0) is 12.1 Å². The Bertz CT molecular complexity index is 898. The third-order valence-corrected chi connectivity index (χ3v) is 3.14. The van der Waals surface area contributed by atoms with Crippen LogP contribution in [0.1, 0.15) is 0 Å². The Labute approximate surface area is 129 Å². The van der Waals surface area contributed by atoms with E-state index in [1.54, 1.807) is 12.4 Å². The summed E-state index contributed by atoms with van der Waals surface area (Å²) >= 11 is 11.2. The van der Waals surface area contributed by atoms with E-state index in [0.717, 1.165) is 22.3 Å². The molecule has 0 spiro atoms. The molecule has 0 aliphatic rings. The topological polar surface area (TPSA) is 72.3 Å². The molecule has 4 heterocycles. The van der Waals surface area contributed by atoms with Gasteiger partial charge >= 0.3 is 0 Å². The molecule has 21 heavy (non-hydrogen) atoms. The number of aromatic nitrogens is 6. The molecule has 0 saturated carbocycles. The third-order valence-electron chi connectivity index (χ3n) is 2.77. The highest BCUT2D eigenvalue weighted by molar-refractivity contribution is 6.29. The molecule has 0 atom stereocenters. The van der Waals surface area contributed by atoms with Crippen LogP contribution < -0.4 is 0 Å². The molecule has 106 valence electrons. The lowest BCUT2D eigenvalue weighted by molar-refractivity contribution is 0.946. The summed E-state index contributed by atoms with van der Waals surface area (Å²) in [7, 11) is 1.91. The van der Waals surface area contributed by atoms with Crippen LogP contribution in [0.2, 0.25) is 10.3 Å². The first-order valence-corrected chi connectivity index (χ1v) is 6.78. The zero-order chi connectivity index (χ0) is 14.8. The van der Waals surface area contributed by atoms with Gasteiger partial charge in [0.2, 0.25) is 0 Å². The Hall–Kier alpha value is -2.18. The quantitative estimate of drug-likeness (QED) is 0.540. The number of nitrogens with zero attached hydrogens (tertiary/aromatic N) is 5. The lowest BCUT2D eigenvalue weighted by Crippen LogP contribution is -1.88. The van der Waals surface area contributed by atoms with Gasteiger partial charge in [0, 0.05) is 19.4 Å². The van der Waals surface area contributed by atoms with Gasteiger partial charge in [0.15, 0.2) is 11.3 Å². The number of H-pyrrole nitrogens is 1. The minimum atomic E-state index is 0.412. The number of aryl methyl sites for hydroxylation is 1. The molecule has 0 saturated heterocycles. The molecule has 0 amide bonds. The maximum atomic E-state index is 5.66. The van der Waals surface area contributed by atoms with E-state index < -0.39 is 0 Å². The maximum absolute atomic E-state index is 5.66. The van der Waals surface area contributed by atoms with Gasteiger partial charge in [-0.2, -0.15) is 0 Å². The molecular formula is C13H10Cl2N6. The van der Waals surface area contributed by atoms with Crippen molar-refractivity contribution >= 4 is 45.5 Å². The Morgan fingerprint density at radius 3 is 2.52 bits per heavy atom.